The Morgan fingerprint density at radius 1 is 1.41 bits per heavy atom. The van der Waals surface area contributed by atoms with Crippen molar-refractivity contribution in [3.8, 4) is 0 Å². The highest BCUT2D eigenvalue weighted by Gasteiger charge is 2.03. The molecule has 0 aliphatic carbocycles. The topological polar surface area (TPSA) is 63.2 Å². The van der Waals surface area contributed by atoms with Gasteiger partial charge in [0.1, 0.15) is 5.82 Å². The molecular formula is C12H19N3O2. The summed E-state index contributed by atoms with van der Waals surface area (Å²) in [4.78, 5) is 15.8. The highest BCUT2D eigenvalue weighted by molar-refractivity contribution is 5.91. The summed E-state index contributed by atoms with van der Waals surface area (Å²) in [7, 11) is 1.63. The van der Waals surface area contributed by atoms with Crippen LogP contribution in [-0.4, -0.2) is 37.7 Å². The number of ether oxygens (including phenoxy) is 1. The van der Waals surface area contributed by atoms with E-state index in [0.717, 1.165) is 11.3 Å². The Hall–Kier alpha value is -1.46. The van der Waals surface area contributed by atoms with E-state index >= 15 is 0 Å². The summed E-state index contributed by atoms with van der Waals surface area (Å²) in [5.74, 6) is 0.500. The molecule has 2 N–H and O–H groups in total. The van der Waals surface area contributed by atoms with Gasteiger partial charge in [-0.3, -0.25) is 4.79 Å². The largest absolute Gasteiger partial charge is 0.383 e. The molecule has 0 aromatic carbocycles. The SMILES string of the molecule is COCCNCC(=O)Nc1cc(C)cc(C)n1. The normalized spacial score (nSPS) is 10.3. The zero-order valence-electron chi connectivity index (χ0n) is 10.5. The second-order valence-corrected chi connectivity index (χ2v) is 3.89. The molecule has 1 aromatic heterocycles. The van der Waals surface area contributed by atoms with Gasteiger partial charge >= 0.3 is 0 Å². The minimum absolute atomic E-state index is 0.0985. The summed E-state index contributed by atoms with van der Waals surface area (Å²) in [5.41, 5.74) is 1.98. The first-order valence-electron chi connectivity index (χ1n) is 5.56. The van der Waals surface area contributed by atoms with Gasteiger partial charge in [-0.2, -0.15) is 0 Å². The van der Waals surface area contributed by atoms with Crippen molar-refractivity contribution in [2.45, 2.75) is 13.8 Å². The molecule has 0 unspecified atom stereocenters. The molecule has 0 atom stereocenters. The van der Waals surface area contributed by atoms with E-state index in [0.29, 0.717) is 19.0 Å². The Morgan fingerprint density at radius 2 is 2.18 bits per heavy atom. The third-order valence-electron chi connectivity index (χ3n) is 2.13. The van der Waals surface area contributed by atoms with E-state index in [4.69, 9.17) is 4.74 Å². The van der Waals surface area contributed by atoms with Crippen LogP contribution < -0.4 is 10.6 Å². The number of aromatic nitrogens is 1. The number of aryl methyl sites for hydroxylation is 2. The Balaban J connectivity index is 2.39. The summed E-state index contributed by atoms with van der Waals surface area (Å²) < 4.78 is 4.87. The van der Waals surface area contributed by atoms with Crippen LogP contribution in [0.2, 0.25) is 0 Å². The van der Waals surface area contributed by atoms with E-state index in [1.807, 2.05) is 26.0 Å². The summed E-state index contributed by atoms with van der Waals surface area (Å²) >= 11 is 0. The first-order chi connectivity index (χ1) is 8.11. The number of nitrogens with one attached hydrogen (secondary N) is 2. The maximum Gasteiger partial charge on any atom is 0.239 e. The Morgan fingerprint density at radius 3 is 2.82 bits per heavy atom. The maximum absolute atomic E-state index is 11.5. The summed E-state index contributed by atoms with van der Waals surface area (Å²) in [6, 6.07) is 3.81. The van der Waals surface area contributed by atoms with Crippen molar-refractivity contribution in [1.82, 2.24) is 10.3 Å². The number of nitrogens with zero attached hydrogens (tertiary/aromatic N) is 1. The number of pyridine rings is 1. The van der Waals surface area contributed by atoms with Gasteiger partial charge < -0.3 is 15.4 Å². The number of methoxy groups -OCH3 is 1. The average Bonchev–Trinajstić information content (AvgIpc) is 2.23. The van der Waals surface area contributed by atoms with Gasteiger partial charge in [0.05, 0.1) is 13.2 Å². The van der Waals surface area contributed by atoms with Crippen molar-refractivity contribution in [3.05, 3.63) is 23.4 Å². The molecular weight excluding hydrogens is 218 g/mol. The van der Waals surface area contributed by atoms with Gasteiger partial charge in [0.2, 0.25) is 5.91 Å². The molecule has 1 aromatic rings. The lowest BCUT2D eigenvalue weighted by molar-refractivity contribution is -0.115. The molecule has 0 saturated carbocycles. The molecule has 17 heavy (non-hydrogen) atoms. The molecule has 0 saturated heterocycles. The fraction of sp³-hybridized carbons (Fsp3) is 0.500. The summed E-state index contributed by atoms with van der Waals surface area (Å²) in [5, 5.41) is 5.72. The number of carbonyl (C=O) groups is 1. The fourth-order valence-corrected chi connectivity index (χ4v) is 1.47. The molecule has 1 amide bonds. The van der Waals surface area contributed by atoms with Crippen LogP contribution in [0.3, 0.4) is 0 Å². The van der Waals surface area contributed by atoms with E-state index in [1.165, 1.54) is 0 Å². The quantitative estimate of drug-likeness (QED) is 0.721. The van der Waals surface area contributed by atoms with Crippen molar-refractivity contribution in [1.29, 1.82) is 0 Å². The van der Waals surface area contributed by atoms with E-state index in [-0.39, 0.29) is 12.5 Å². The monoisotopic (exact) mass is 237 g/mol. The van der Waals surface area contributed by atoms with Crippen LogP contribution in [0.25, 0.3) is 0 Å². The number of anilines is 1. The average molecular weight is 237 g/mol. The fourth-order valence-electron chi connectivity index (χ4n) is 1.47. The smallest absolute Gasteiger partial charge is 0.239 e. The van der Waals surface area contributed by atoms with Crippen LogP contribution >= 0.6 is 0 Å². The van der Waals surface area contributed by atoms with Crippen LogP contribution in [0.5, 0.6) is 0 Å². The Labute approximate surface area is 102 Å². The van der Waals surface area contributed by atoms with Crippen molar-refractivity contribution < 1.29 is 9.53 Å². The molecule has 5 nitrogen and oxygen atoms in total. The molecule has 1 heterocycles. The van der Waals surface area contributed by atoms with Crippen LogP contribution in [-0.2, 0) is 9.53 Å². The van der Waals surface area contributed by atoms with Gasteiger partial charge in [0, 0.05) is 19.3 Å². The standard InChI is InChI=1S/C12H19N3O2/c1-9-6-10(2)14-11(7-9)15-12(16)8-13-4-5-17-3/h6-7,13H,4-5,8H2,1-3H3,(H,14,15,16). The van der Waals surface area contributed by atoms with E-state index in [9.17, 15) is 4.79 Å². The van der Waals surface area contributed by atoms with Gasteiger partial charge in [-0.05, 0) is 31.5 Å². The third kappa shape index (κ3) is 5.42. The summed E-state index contributed by atoms with van der Waals surface area (Å²) in [6.07, 6.45) is 0. The number of hydrogen-bond donors (Lipinski definition) is 2. The number of carbonyl (C=O) groups excluding carboxylic acids is 1. The Bertz CT molecular complexity index is 360. The van der Waals surface area contributed by atoms with E-state index in [2.05, 4.69) is 15.6 Å². The first-order valence-corrected chi connectivity index (χ1v) is 5.56. The van der Waals surface area contributed by atoms with Gasteiger partial charge in [-0.25, -0.2) is 4.98 Å². The summed E-state index contributed by atoms with van der Waals surface area (Å²) in [6.45, 7) is 5.39. The Kier molecular flexibility index (Phi) is 5.59. The minimum Gasteiger partial charge on any atom is -0.383 e. The molecule has 0 radical (unpaired) electrons. The molecule has 0 aliphatic rings. The predicted octanol–water partition coefficient (Wildman–Crippen LogP) is 0.873. The van der Waals surface area contributed by atoms with Gasteiger partial charge in [0.15, 0.2) is 0 Å². The second-order valence-electron chi connectivity index (χ2n) is 3.89. The lowest BCUT2D eigenvalue weighted by atomic mass is 10.2. The molecule has 0 aliphatic heterocycles. The molecule has 0 spiro atoms. The van der Waals surface area contributed by atoms with Gasteiger partial charge in [-0.15, -0.1) is 0 Å². The van der Waals surface area contributed by atoms with Crippen molar-refractivity contribution >= 4 is 11.7 Å². The zero-order valence-corrected chi connectivity index (χ0v) is 10.5. The van der Waals surface area contributed by atoms with Crippen molar-refractivity contribution in [2.75, 3.05) is 32.1 Å². The van der Waals surface area contributed by atoms with E-state index < -0.39 is 0 Å². The molecule has 5 heteroatoms. The predicted molar refractivity (Wildman–Crippen MR) is 67.1 cm³/mol. The highest BCUT2D eigenvalue weighted by Crippen LogP contribution is 2.08. The van der Waals surface area contributed by atoms with E-state index in [1.54, 1.807) is 7.11 Å². The second kappa shape index (κ2) is 6.98. The van der Waals surface area contributed by atoms with Crippen LogP contribution in [0, 0.1) is 13.8 Å². The van der Waals surface area contributed by atoms with Crippen LogP contribution in [0.15, 0.2) is 12.1 Å². The van der Waals surface area contributed by atoms with Crippen LogP contribution in [0.1, 0.15) is 11.3 Å². The van der Waals surface area contributed by atoms with Crippen molar-refractivity contribution in [2.24, 2.45) is 0 Å². The van der Waals surface area contributed by atoms with Crippen molar-refractivity contribution in [3.63, 3.8) is 0 Å². The van der Waals surface area contributed by atoms with Gasteiger partial charge in [-0.1, -0.05) is 0 Å². The number of hydrogen-bond acceptors (Lipinski definition) is 4. The number of rotatable bonds is 6. The highest BCUT2D eigenvalue weighted by atomic mass is 16.5. The maximum atomic E-state index is 11.5. The lowest BCUT2D eigenvalue weighted by Crippen LogP contribution is -2.30. The third-order valence-corrected chi connectivity index (χ3v) is 2.13. The minimum atomic E-state index is -0.0985. The first kappa shape index (κ1) is 13.6. The van der Waals surface area contributed by atoms with Gasteiger partial charge in [0.25, 0.3) is 0 Å². The molecule has 1 rings (SSSR count). The molecule has 94 valence electrons. The molecule has 0 bridgehead atoms. The number of amides is 1. The lowest BCUT2D eigenvalue weighted by Gasteiger charge is -2.07. The zero-order chi connectivity index (χ0) is 12.7. The van der Waals surface area contributed by atoms with Crippen LogP contribution in [0.4, 0.5) is 5.82 Å². The molecule has 0 fully saturated rings.